The van der Waals surface area contributed by atoms with Crippen LogP contribution < -0.4 is 15.4 Å². The first-order valence-corrected chi connectivity index (χ1v) is 5.73. The molecule has 5 nitrogen and oxygen atoms in total. The summed E-state index contributed by atoms with van der Waals surface area (Å²) in [6.07, 6.45) is 4.40. The summed E-state index contributed by atoms with van der Waals surface area (Å²) in [5.41, 5.74) is 5.58. The molecule has 0 aromatic carbocycles. The predicted octanol–water partition coefficient (Wildman–Crippen LogP) is 0.660. The first-order valence-electron chi connectivity index (χ1n) is 5.73. The molecule has 0 amide bonds. The molecule has 2 rings (SSSR count). The van der Waals surface area contributed by atoms with Crippen molar-refractivity contribution in [2.24, 2.45) is 11.7 Å². The van der Waals surface area contributed by atoms with Crippen LogP contribution in [0.5, 0.6) is 5.88 Å². The van der Waals surface area contributed by atoms with E-state index >= 15 is 0 Å². The molecule has 2 N–H and O–H groups in total. The average molecular weight is 222 g/mol. The molecule has 0 spiro atoms. The van der Waals surface area contributed by atoms with Gasteiger partial charge < -0.3 is 15.4 Å². The second kappa shape index (κ2) is 5.12. The minimum absolute atomic E-state index is 0.599. The summed E-state index contributed by atoms with van der Waals surface area (Å²) in [6, 6.07) is 0. The van der Waals surface area contributed by atoms with E-state index in [4.69, 9.17) is 10.5 Å². The van der Waals surface area contributed by atoms with Gasteiger partial charge in [0.1, 0.15) is 0 Å². The molecular formula is C11H18N4O. The minimum atomic E-state index is 0.599. The van der Waals surface area contributed by atoms with Gasteiger partial charge in [0, 0.05) is 19.0 Å². The molecule has 1 saturated heterocycles. The van der Waals surface area contributed by atoms with Crippen molar-refractivity contribution in [3.05, 3.63) is 12.4 Å². The molecule has 1 aliphatic heterocycles. The van der Waals surface area contributed by atoms with Crippen molar-refractivity contribution in [3.63, 3.8) is 0 Å². The molecule has 1 fully saturated rings. The summed E-state index contributed by atoms with van der Waals surface area (Å²) in [7, 11) is 0. The Hall–Kier alpha value is -1.36. The molecule has 0 saturated carbocycles. The largest absolute Gasteiger partial charge is 0.477 e. The van der Waals surface area contributed by atoms with E-state index in [1.807, 2.05) is 0 Å². The van der Waals surface area contributed by atoms with Crippen LogP contribution in [-0.2, 0) is 0 Å². The van der Waals surface area contributed by atoms with Crippen LogP contribution in [-0.4, -0.2) is 36.2 Å². The molecule has 0 atom stereocenters. The van der Waals surface area contributed by atoms with Crippen molar-refractivity contribution in [1.29, 1.82) is 0 Å². The van der Waals surface area contributed by atoms with Crippen molar-refractivity contribution < 1.29 is 4.74 Å². The van der Waals surface area contributed by atoms with Crippen molar-refractivity contribution in [2.75, 3.05) is 31.1 Å². The Morgan fingerprint density at radius 3 is 3.00 bits per heavy atom. The Bertz CT molecular complexity index is 339. The van der Waals surface area contributed by atoms with Gasteiger partial charge in [-0.2, -0.15) is 4.98 Å². The third kappa shape index (κ3) is 2.41. The van der Waals surface area contributed by atoms with Gasteiger partial charge in [0.15, 0.2) is 5.82 Å². The lowest BCUT2D eigenvalue weighted by Gasteiger charge is -2.39. The average Bonchev–Trinajstić information content (AvgIpc) is 2.26. The predicted molar refractivity (Wildman–Crippen MR) is 62.6 cm³/mol. The number of rotatable bonds is 5. The van der Waals surface area contributed by atoms with Crippen LogP contribution in [0.2, 0.25) is 0 Å². The summed E-state index contributed by atoms with van der Waals surface area (Å²) in [5, 5.41) is 0. The normalized spacial score (nSPS) is 16.0. The fourth-order valence-electron chi connectivity index (χ4n) is 1.67. The molecule has 2 heterocycles. The van der Waals surface area contributed by atoms with Crippen LogP contribution in [0.1, 0.15) is 13.3 Å². The Balaban J connectivity index is 1.94. The van der Waals surface area contributed by atoms with Crippen molar-refractivity contribution in [3.8, 4) is 5.88 Å². The molecule has 0 radical (unpaired) electrons. The highest BCUT2D eigenvalue weighted by atomic mass is 16.5. The third-order valence-corrected chi connectivity index (χ3v) is 2.67. The quantitative estimate of drug-likeness (QED) is 0.793. The van der Waals surface area contributed by atoms with E-state index in [2.05, 4.69) is 21.8 Å². The minimum Gasteiger partial charge on any atom is -0.477 e. The van der Waals surface area contributed by atoms with Crippen LogP contribution in [0.15, 0.2) is 12.4 Å². The first-order chi connectivity index (χ1) is 7.83. The van der Waals surface area contributed by atoms with Crippen LogP contribution in [0, 0.1) is 5.92 Å². The van der Waals surface area contributed by atoms with E-state index in [-0.39, 0.29) is 0 Å². The van der Waals surface area contributed by atoms with Gasteiger partial charge in [-0.15, -0.1) is 0 Å². The zero-order chi connectivity index (χ0) is 11.4. The van der Waals surface area contributed by atoms with E-state index in [0.717, 1.165) is 31.9 Å². The second-order valence-corrected chi connectivity index (χ2v) is 4.07. The van der Waals surface area contributed by atoms with E-state index in [9.17, 15) is 0 Å². The van der Waals surface area contributed by atoms with Gasteiger partial charge in [0.25, 0.3) is 0 Å². The summed E-state index contributed by atoms with van der Waals surface area (Å²) < 4.78 is 5.44. The Morgan fingerprint density at radius 1 is 1.50 bits per heavy atom. The fraction of sp³-hybridized carbons (Fsp3) is 0.636. The standard InChI is InChI=1S/C11H18N4O/c1-2-3-16-11-6-13-5-10(14-11)15-7-9(4-12)8-15/h5-6,9H,2-4,7-8,12H2,1H3. The zero-order valence-corrected chi connectivity index (χ0v) is 9.59. The maximum atomic E-state index is 5.58. The number of ether oxygens (including phenoxy) is 1. The molecule has 0 bridgehead atoms. The smallest absolute Gasteiger partial charge is 0.234 e. The van der Waals surface area contributed by atoms with Gasteiger partial charge in [-0.05, 0) is 13.0 Å². The van der Waals surface area contributed by atoms with Gasteiger partial charge in [-0.1, -0.05) is 6.92 Å². The highest BCUT2D eigenvalue weighted by Crippen LogP contribution is 2.22. The van der Waals surface area contributed by atoms with E-state index < -0.39 is 0 Å². The van der Waals surface area contributed by atoms with Gasteiger partial charge in [0.2, 0.25) is 5.88 Å². The summed E-state index contributed by atoms with van der Waals surface area (Å²) in [6.45, 7) is 5.45. The van der Waals surface area contributed by atoms with Crippen molar-refractivity contribution >= 4 is 5.82 Å². The molecule has 88 valence electrons. The zero-order valence-electron chi connectivity index (χ0n) is 9.59. The number of hydrogen-bond acceptors (Lipinski definition) is 5. The first kappa shape index (κ1) is 11.1. The molecule has 16 heavy (non-hydrogen) atoms. The monoisotopic (exact) mass is 222 g/mol. The van der Waals surface area contributed by atoms with Crippen molar-refractivity contribution in [2.45, 2.75) is 13.3 Å². The number of nitrogens with zero attached hydrogens (tertiary/aromatic N) is 3. The number of hydrogen-bond donors (Lipinski definition) is 1. The molecule has 1 aromatic heterocycles. The molecule has 5 heteroatoms. The fourth-order valence-corrected chi connectivity index (χ4v) is 1.67. The van der Waals surface area contributed by atoms with Gasteiger partial charge in [-0.25, -0.2) is 0 Å². The SMILES string of the molecule is CCCOc1cncc(N2CC(CN)C2)n1. The van der Waals surface area contributed by atoms with Crippen LogP contribution in [0.3, 0.4) is 0 Å². The number of anilines is 1. The van der Waals surface area contributed by atoms with E-state index in [0.29, 0.717) is 18.4 Å². The topological polar surface area (TPSA) is 64.3 Å². The van der Waals surface area contributed by atoms with Crippen LogP contribution >= 0.6 is 0 Å². The Morgan fingerprint density at radius 2 is 2.31 bits per heavy atom. The number of aromatic nitrogens is 2. The Kier molecular flexibility index (Phi) is 3.56. The molecule has 1 aliphatic rings. The van der Waals surface area contributed by atoms with Gasteiger partial charge in [0.05, 0.1) is 19.0 Å². The molecular weight excluding hydrogens is 204 g/mol. The highest BCUT2D eigenvalue weighted by molar-refractivity contribution is 5.40. The van der Waals surface area contributed by atoms with Crippen molar-refractivity contribution in [1.82, 2.24) is 9.97 Å². The second-order valence-electron chi connectivity index (χ2n) is 4.07. The number of nitrogens with two attached hydrogens (primary N) is 1. The van der Waals surface area contributed by atoms with E-state index in [1.54, 1.807) is 12.4 Å². The Labute approximate surface area is 95.6 Å². The summed E-state index contributed by atoms with van der Waals surface area (Å²) >= 11 is 0. The lowest BCUT2D eigenvalue weighted by molar-refractivity contribution is 0.303. The molecule has 1 aromatic rings. The molecule has 0 aliphatic carbocycles. The lowest BCUT2D eigenvalue weighted by Crippen LogP contribution is -2.50. The molecule has 0 unspecified atom stereocenters. The van der Waals surface area contributed by atoms with Crippen LogP contribution in [0.25, 0.3) is 0 Å². The maximum absolute atomic E-state index is 5.58. The summed E-state index contributed by atoms with van der Waals surface area (Å²) in [5.74, 6) is 2.09. The maximum Gasteiger partial charge on any atom is 0.234 e. The highest BCUT2D eigenvalue weighted by Gasteiger charge is 2.26. The van der Waals surface area contributed by atoms with E-state index in [1.165, 1.54) is 0 Å². The van der Waals surface area contributed by atoms with Gasteiger partial charge in [-0.3, -0.25) is 4.98 Å². The van der Waals surface area contributed by atoms with Crippen LogP contribution in [0.4, 0.5) is 5.82 Å². The van der Waals surface area contributed by atoms with Gasteiger partial charge >= 0.3 is 0 Å². The lowest BCUT2D eigenvalue weighted by atomic mass is 10.0. The summed E-state index contributed by atoms with van der Waals surface area (Å²) in [4.78, 5) is 10.7. The third-order valence-electron chi connectivity index (χ3n) is 2.67.